The van der Waals surface area contributed by atoms with Gasteiger partial charge in [0.25, 0.3) is 0 Å². The van der Waals surface area contributed by atoms with Crippen molar-refractivity contribution in [3.8, 4) is 5.75 Å². The van der Waals surface area contributed by atoms with Gasteiger partial charge in [0.2, 0.25) is 6.33 Å². The molecule has 0 radical (unpaired) electrons. The zero-order valence-corrected chi connectivity index (χ0v) is 16.4. The van der Waals surface area contributed by atoms with Gasteiger partial charge in [-0.1, -0.05) is 18.2 Å². The van der Waals surface area contributed by atoms with Gasteiger partial charge in [-0.25, -0.2) is 9.13 Å². The highest BCUT2D eigenvalue weighted by atomic mass is 16.5. The SMILES string of the molecule is CCn1c[n+](C[C@H](O)COc2c(C)cccc2C)c2cc(C)c(C)cc21. The summed E-state index contributed by atoms with van der Waals surface area (Å²) < 4.78 is 10.3. The normalized spacial score (nSPS) is 12.5. The molecule has 0 unspecified atom stereocenters. The van der Waals surface area contributed by atoms with Crippen molar-refractivity contribution < 1.29 is 14.4 Å². The molecule has 3 aromatic rings. The van der Waals surface area contributed by atoms with Crippen molar-refractivity contribution in [1.82, 2.24) is 4.57 Å². The van der Waals surface area contributed by atoms with Crippen molar-refractivity contribution in [1.29, 1.82) is 0 Å². The summed E-state index contributed by atoms with van der Waals surface area (Å²) >= 11 is 0. The third-order valence-corrected chi connectivity index (χ3v) is 5.07. The van der Waals surface area contributed by atoms with Crippen LogP contribution in [0.5, 0.6) is 5.75 Å². The van der Waals surface area contributed by atoms with Gasteiger partial charge in [0, 0.05) is 0 Å². The zero-order valence-electron chi connectivity index (χ0n) is 16.4. The standard InChI is InChI=1S/C22H29N2O2/c1-6-23-14-24(21-11-18(5)17(4)10-20(21)23)12-19(25)13-26-22-15(2)8-7-9-16(22)3/h7-11,14,19,25H,6,12-13H2,1-5H3/q+1/t19-/m0/s1. The molecule has 0 aliphatic carbocycles. The van der Waals surface area contributed by atoms with E-state index in [1.807, 2.05) is 32.0 Å². The zero-order chi connectivity index (χ0) is 18.8. The van der Waals surface area contributed by atoms with Crippen molar-refractivity contribution >= 4 is 11.0 Å². The van der Waals surface area contributed by atoms with E-state index >= 15 is 0 Å². The summed E-state index contributed by atoms with van der Waals surface area (Å²) in [6.07, 6.45) is 1.52. The van der Waals surface area contributed by atoms with Crippen LogP contribution in [0, 0.1) is 27.7 Å². The Kier molecular flexibility index (Phi) is 5.33. The van der Waals surface area contributed by atoms with Crippen molar-refractivity contribution in [2.45, 2.75) is 53.8 Å². The number of aliphatic hydroxyl groups excluding tert-OH is 1. The molecule has 3 rings (SSSR count). The largest absolute Gasteiger partial charge is 0.490 e. The van der Waals surface area contributed by atoms with Gasteiger partial charge in [-0.05, 0) is 69.0 Å². The Hall–Kier alpha value is -2.33. The monoisotopic (exact) mass is 353 g/mol. The van der Waals surface area contributed by atoms with Gasteiger partial charge in [-0.3, -0.25) is 0 Å². The number of hydrogen-bond acceptors (Lipinski definition) is 2. The quantitative estimate of drug-likeness (QED) is 0.687. The van der Waals surface area contributed by atoms with Crippen LogP contribution in [0.3, 0.4) is 0 Å². The fourth-order valence-electron chi connectivity index (χ4n) is 3.42. The fourth-order valence-corrected chi connectivity index (χ4v) is 3.42. The van der Waals surface area contributed by atoms with Crippen molar-refractivity contribution in [3.63, 3.8) is 0 Å². The summed E-state index contributed by atoms with van der Waals surface area (Å²) in [4.78, 5) is 0. The predicted molar refractivity (Wildman–Crippen MR) is 105 cm³/mol. The Morgan fingerprint density at radius 1 is 1.04 bits per heavy atom. The van der Waals surface area contributed by atoms with Gasteiger partial charge in [0.1, 0.15) is 25.0 Å². The van der Waals surface area contributed by atoms with Crippen LogP contribution in [0.2, 0.25) is 0 Å². The number of fused-ring (bicyclic) bond motifs is 1. The number of ether oxygens (including phenoxy) is 1. The second-order valence-electron chi connectivity index (χ2n) is 7.16. The van der Waals surface area contributed by atoms with Crippen LogP contribution in [0.15, 0.2) is 36.7 Å². The predicted octanol–water partition coefficient (Wildman–Crippen LogP) is 3.62. The van der Waals surface area contributed by atoms with Crippen molar-refractivity contribution in [2.24, 2.45) is 0 Å². The Balaban J connectivity index is 1.79. The maximum atomic E-state index is 10.6. The van der Waals surface area contributed by atoms with Gasteiger partial charge in [-0.15, -0.1) is 0 Å². The summed E-state index contributed by atoms with van der Waals surface area (Å²) in [5, 5.41) is 10.6. The number of aliphatic hydroxyl groups is 1. The highest BCUT2D eigenvalue weighted by Crippen LogP contribution is 2.22. The van der Waals surface area contributed by atoms with Gasteiger partial charge in [-0.2, -0.15) is 0 Å². The van der Waals surface area contributed by atoms with E-state index in [2.05, 4.69) is 48.4 Å². The van der Waals surface area contributed by atoms with E-state index in [-0.39, 0.29) is 6.61 Å². The molecule has 4 heteroatoms. The van der Waals surface area contributed by atoms with Crippen LogP contribution in [0.25, 0.3) is 11.0 Å². The smallest absolute Gasteiger partial charge is 0.244 e. The molecule has 0 aliphatic rings. The van der Waals surface area contributed by atoms with Crippen LogP contribution in [0.1, 0.15) is 29.2 Å². The first-order valence-corrected chi connectivity index (χ1v) is 9.27. The molecule has 1 N–H and O–H groups in total. The van der Waals surface area contributed by atoms with Crippen LogP contribution >= 0.6 is 0 Å². The lowest BCUT2D eigenvalue weighted by Gasteiger charge is -2.14. The number of benzene rings is 2. The number of rotatable bonds is 6. The molecule has 1 atom stereocenters. The lowest BCUT2D eigenvalue weighted by atomic mass is 10.1. The second-order valence-corrected chi connectivity index (χ2v) is 7.16. The molecule has 1 heterocycles. The lowest BCUT2D eigenvalue weighted by Crippen LogP contribution is -2.41. The highest BCUT2D eigenvalue weighted by molar-refractivity contribution is 5.74. The third-order valence-electron chi connectivity index (χ3n) is 5.07. The summed E-state index contributed by atoms with van der Waals surface area (Å²) in [6.45, 7) is 12.2. The molecular weight excluding hydrogens is 324 g/mol. The summed E-state index contributed by atoms with van der Waals surface area (Å²) in [7, 11) is 0. The molecule has 0 bridgehead atoms. The Labute approximate surface area is 155 Å². The molecule has 0 saturated carbocycles. The minimum atomic E-state index is -0.573. The third kappa shape index (κ3) is 3.61. The number of hydrogen-bond donors (Lipinski definition) is 1. The molecule has 2 aromatic carbocycles. The van der Waals surface area contributed by atoms with Gasteiger partial charge in [0.15, 0.2) is 11.0 Å². The molecule has 0 spiro atoms. The molecular formula is C22H29N2O2+. The first-order valence-electron chi connectivity index (χ1n) is 9.27. The molecule has 138 valence electrons. The number of para-hydroxylation sites is 1. The van der Waals surface area contributed by atoms with Gasteiger partial charge < -0.3 is 9.84 Å². The van der Waals surface area contributed by atoms with Gasteiger partial charge in [0.05, 0.1) is 6.54 Å². The maximum Gasteiger partial charge on any atom is 0.244 e. The van der Waals surface area contributed by atoms with Crippen molar-refractivity contribution in [2.75, 3.05) is 6.61 Å². The van der Waals surface area contributed by atoms with E-state index in [0.717, 1.165) is 28.9 Å². The average molecular weight is 353 g/mol. The topological polar surface area (TPSA) is 38.3 Å². The molecule has 4 nitrogen and oxygen atoms in total. The van der Waals surface area contributed by atoms with Crippen molar-refractivity contribution in [3.05, 3.63) is 58.9 Å². The molecule has 0 saturated heterocycles. The average Bonchev–Trinajstić information content (AvgIpc) is 2.91. The fraction of sp³-hybridized carbons (Fsp3) is 0.409. The second kappa shape index (κ2) is 7.50. The van der Waals surface area contributed by atoms with E-state index in [4.69, 9.17) is 4.74 Å². The molecule has 0 fully saturated rings. The number of nitrogens with zero attached hydrogens (tertiary/aromatic N) is 2. The van der Waals surface area contributed by atoms with Gasteiger partial charge >= 0.3 is 0 Å². The van der Waals surface area contributed by atoms with Crippen LogP contribution in [-0.2, 0) is 13.1 Å². The molecule has 26 heavy (non-hydrogen) atoms. The van der Waals surface area contributed by atoms with Crippen LogP contribution in [0.4, 0.5) is 0 Å². The van der Waals surface area contributed by atoms with E-state index in [0.29, 0.717) is 6.54 Å². The van der Waals surface area contributed by atoms with Crippen LogP contribution in [-0.4, -0.2) is 22.4 Å². The molecule has 1 aromatic heterocycles. The first-order chi connectivity index (χ1) is 12.4. The van der Waals surface area contributed by atoms with E-state index in [9.17, 15) is 5.11 Å². The summed E-state index contributed by atoms with van der Waals surface area (Å²) in [5.41, 5.74) is 7.11. The highest BCUT2D eigenvalue weighted by Gasteiger charge is 2.19. The van der Waals surface area contributed by atoms with E-state index in [1.165, 1.54) is 16.6 Å². The Bertz CT molecular complexity index is 907. The lowest BCUT2D eigenvalue weighted by molar-refractivity contribution is -0.679. The first kappa shape index (κ1) is 18.5. The van der Waals surface area contributed by atoms with E-state index in [1.54, 1.807) is 0 Å². The Morgan fingerprint density at radius 2 is 1.69 bits per heavy atom. The number of imidazole rings is 1. The van der Waals surface area contributed by atoms with Crippen LogP contribution < -0.4 is 9.30 Å². The Morgan fingerprint density at radius 3 is 2.35 bits per heavy atom. The summed E-state index contributed by atoms with van der Waals surface area (Å²) in [5.74, 6) is 0.874. The summed E-state index contributed by atoms with van der Waals surface area (Å²) in [6, 6.07) is 10.5. The number of aryl methyl sites for hydroxylation is 5. The molecule has 0 amide bonds. The van der Waals surface area contributed by atoms with E-state index < -0.39 is 6.10 Å². The minimum Gasteiger partial charge on any atom is -0.490 e. The number of aromatic nitrogens is 2. The minimum absolute atomic E-state index is 0.280. The molecule has 0 aliphatic heterocycles. The maximum absolute atomic E-state index is 10.6.